The molecule has 2 fully saturated rings. The SMILES string of the molecule is CCC1COCCN1CC1CCCC(N)C1. The second-order valence-corrected chi connectivity index (χ2v) is 5.42. The van der Waals surface area contributed by atoms with E-state index in [-0.39, 0.29) is 0 Å². The summed E-state index contributed by atoms with van der Waals surface area (Å²) >= 11 is 0. The first kappa shape index (κ1) is 12.3. The fourth-order valence-electron chi connectivity index (χ4n) is 3.14. The van der Waals surface area contributed by atoms with E-state index in [1.165, 1.54) is 38.6 Å². The normalized spacial score (nSPS) is 37.5. The molecule has 0 aromatic heterocycles. The van der Waals surface area contributed by atoms with Gasteiger partial charge in [0.15, 0.2) is 0 Å². The molecule has 2 rings (SSSR count). The number of hydrogen-bond donors (Lipinski definition) is 1. The van der Waals surface area contributed by atoms with Gasteiger partial charge in [-0.15, -0.1) is 0 Å². The summed E-state index contributed by atoms with van der Waals surface area (Å²) in [5.41, 5.74) is 6.05. The summed E-state index contributed by atoms with van der Waals surface area (Å²) in [7, 11) is 0. The molecule has 0 bridgehead atoms. The van der Waals surface area contributed by atoms with E-state index in [9.17, 15) is 0 Å². The second-order valence-electron chi connectivity index (χ2n) is 5.42. The van der Waals surface area contributed by atoms with Crippen molar-refractivity contribution in [3.63, 3.8) is 0 Å². The van der Waals surface area contributed by atoms with Crippen LogP contribution >= 0.6 is 0 Å². The largest absolute Gasteiger partial charge is 0.378 e. The minimum absolute atomic E-state index is 0.458. The number of ether oxygens (including phenoxy) is 1. The molecule has 0 radical (unpaired) electrons. The Bertz CT molecular complexity index is 210. The number of hydrogen-bond acceptors (Lipinski definition) is 3. The van der Waals surface area contributed by atoms with Gasteiger partial charge in [-0.3, -0.25) is 4.90 Å². The molecule has 0 amide bonds. The average molecular weight is 226 g/mol. The number of morpholine rings is 1. The molecule has 3 heteroatoms. The van der Waals surface area contributed by atoms with Gasteiger partial charge in [-0.25, -0.2) is 0 Å². The molecular weight excluding hydrogens is 200 g/mol. The monoisotopic (exact) mass is 226 g/mol. The van der Waals surface area contributed by atoms with Crippen molar-refractivity contribution >= 4 is 0 Å². The van der Waals surface area contributed by atoms with Crippen molar-refractivity contribution < 1.29 is 4.74 Å². The van der Waals surface area contributed by atoms with Crippen LogP contribution in [-0.4, -0.2) is 43.3 Å². The molecule has 1 saturated heterocycles. The first-order valence-electron chi connectivity index (χ1n) is 6.87. The lowest BCUT2D eigenvalue weighted by Gasteiger charge is -2.39. The third-order valence-corrected chi connectivity index (χ3v) is 4.14. The maximum absolute atomic E-state index is 6.05. The van der Waals surface area contributed by atoms with E-state index < -0.39 is 0 Å². The highest BCUT2D eigenvalue weighted by Gasteiger charge is 2.26. The van der Waals surface area contributed by atoms with Gasteiger partial charge in [-0.2, -0.15) is 0 Å². The summed E-state index contributed by atoms with van der Waals surface area (Å²) in [5, 5.41) is 0. The highest BCUT2D eigenvalue weighted by Crippen LogP contribution is 2.25. The summed E-state index contributed by atoms with van der Waals surface area (Å²) in [4.78, 5) is 2.63. The molecule has 1 heterocycles. The molecular formula is C13H26N2O. The van der Waals surface area contributed by atoms with Crippen LogP contribution in [0.15, 0.2) is 0 Å². The van der Waals surface area contributed by atoms with E-state index in [4.69, 9.17) is 10.5 Å². The lowest BCUT2D eigenvalue weighted by Crippen LogP contribution is -2.48. The first-order chi connectivity index (χ1) is 7.79. The average Bonchev–Trinajstić information content (AvgIpc) is 2.30. The van der Waals surface area contributed by atoms with E-state index in [0.717, 1.165) is 25.7 Å². The van der Waals surface area contributed by atoms with Gasteiger partial charge < -0.3 is 10.5 Å². The van der Waals surface area contributed by atoms with E-state index in [0.29, 0.717) is 12.1 Å². The molecule has 0 aromatic rings. The van der Waals surface area contributed by atoms with Crippen LogP contribution in [0.25, 0.3) is 0 Å². The molecule has 2 aliphatic rings. The topological polar surface area (TPSA) is 38.5 Å². The fraction of sp³-hybridized carbons (Fsp3) is 1.00. The van der Waals surface area contributed by atoms with Gasteiger partial charge in [-0.1, -0.05) is 13.3 Å². The Morgan fingerprint density at radius 3 is 3.00 bits per heavy atom. The second kappa shape index (κ2) is 5.99. The molecule has 16 heavy (non-hydrogen) atoms. The van der Waals surface area contributed by atoms with Crippen LogP contribution in [-0.2, 0) is 4.74 Å². The molecule has 3 atom stereocenters. The Morgan fingerprint density at radius 1 is 1.38 bits per heavy atom. The molecule has 2 N–H and O–H groups in total. The van der Waals surface area contributed by atoms with Crippen molar-refractivity contribution in [2.45, 2.75) is 51.1 Å². The molecule has 0 spiro atoms. The summed E-state index contributed by atoms with van der Waals surface area (Å²) in [5.74, 6) is 0.830. The number of nitrogens with zero attached hydrogens (tertiary/aromatic N) is 1. The number of rotatable bonds is 3. The molecule has 0 aromatic carbocycles. The van der Waals surface area contributed by atoms with Crippen molar-refractivity contribution in [2.24, 2.45) is 11.7 Å². The third-order valence-electron chi connectivity index (χ3n) is 4.14. The highest BCUT2D eigenvalue weighted by molar-refractivity contribution is 4.81. The van der Waals surface area contributed by atoms with Crippen molar-refractivity contribution in [1.29, 1.82) is 0 Å². The zero-order valence-electron chi connectivity index (χ0n) is 10.5. The van der Waals surface area contributed by atoms with Crippen molar-refractivity contribution in [1.82, 2.24) is 4.90 Å². The fourth-order valence-corrected chi connectivity index (χ4v) is 3.14. The predicted octanol–water partition coefficient (Wildman–Crippen LogP) is 1.61. The van der Waals surface area contributed by atoms with Gasteiger partial charge in [0.05, 0.1) is 13.2 Å². The maximum Gasteiger partial charge on any atom is 0.0622 e. The Morgan fingerprint density at radius 2 is 2.25 bits per heavy atom. The third kappa shape index (κ3) is 3.19. The van der Waals surface area contributed by atoms with Crippen LogP contribution in [0.2, 0.25) is 0 Å². The lowest BCUT2D eigenvalue weighted by atomic mass is 9.85. The Balaban J connectivity index is 1.82. The van der Waals surface area contributed by atoms with E-state index in [1.807, 2.05) is 0 Å². The van der Waals surface area contributed by atoms with Crippen molar-refractivity contribution in [2.75, 3.05) is 26.3 Å². The molecule has 3 unspecified atom stereocenters. The summed E-state index contributed by atoms with van der Waals surface area (Å²) in [6.45, 7) is 6.46. The standard InChI is InChI=1S/C13H26N2O/c1-2-13-10-16-7-6-15(13)9-11-4-3-5-12(14)8-11/h11-13H,2-10,14H2,1H3. The molecule has 1 aliphatic heterocycles. The van der Waals surface area contributed by atoms with Gasteiger partial charge in [0.2, 0.25) is 0 Å². The molecule has 1 aliphatic carbocycles. The summed E-state index contributed by atoms with van der Waals surface area (Å²) < 4.78 is 5.55. The van der Waals surface area contributed by atoms with Gasteiger partial charge in [-0.05, 0) is 31.6 Å². The predicted molar refractivity (Wildman–Crippen MR) is 66.4 cm³/mol. The van der Waals surface area contributed by atoms with E-state index in [2.05, 4.69) is 11.8 Å². The quantitative estimate of drug-likeness (QED) is 0.794. The van der Waals surface area contributed by atoms with Gasteiger partial charge in [0.25, 0.3) is 0 Å². The van der Waals surface area contributed by atoms with Crippen LogP contribution < -0.4 is 5.73 Å². The van der Waals surface area contributed by atoms with Crippen LogP contribution in [0, 0.1) is 5.92 Å². The molecule has 1 saturated carbocycles. The Kier molecular flexibility index (Phi) is 4.62. The molecule has 3 nitrogen and oxygen atoms in total. The Labute approximate surface area is 99.3 Å². The van der Waals surface area contributed by atoms with Gasteiger partial charge >= 0.3 is 0 Å². The Hall–Kier alpha value is -0.120. The lowest BCUT2D eigenvalue weighted by molar-refractivity contribution is -0.0181. The highest BCUT2D eigenvalue weighted by atomic mass is 16.5. The first-order valence-corrected chi connectivity index (χ1v) is 6.87. The summed E-state index contributed by atoms with van der Waals surface area (Å²) in [6, 6.07) is 1.10. The number of nitrogens with two attached hydrogens (primary N) is 1. The van der Waals surface area contributed by atoms with E-state index >= 15 is 0 Å². The smallest absolute Gasteiger partial charge is 0.0622 e. The van der Waals surface area contributed by atoms with Crippen molar-refractivity contribution in [3.05, 3.63) is 0 Å². The van der Waals surface area contributed by atoms with Crippen LogP contribution in [0.3, 0.4) is 0 Å². The van der Waals surface area contributed by atoms with E-state index in [1.54, 1.807) is 0 Å². The summed E-state index contributed by atoms with van der Waals surface area (Å²) in [6.07, 6.45) is 6.37. The minimum Gasteiger partial charge on any atom is -0.378 e. The zero-order chi connectivity index (χ0) is 11.4. The van der Waals surface area contributed by atoms with Crippen LogP contribution in [0.1, 0.15) is 39.0 Å². The zero-order valence-corrected chi connectivity index (χ0v) is 10.5. The molecule has 94 valence electrons. The minimum atomic E-state index is 0.458. The maximum atomic E-state index is 6.05. The van der Waals surface area contributed by atoms with Crippen LogP contribution in [0.5, 0.6) is 0 Å². The van der Waals surface area contributed by atoms with Crippen LogP contribution in [0.4, 0.5) is 0 Å². The van der Waals surface area contributed by atoms with Crippen molar-refractivity contribution in [3.8, 4) is 0 Å². The van der Waals surface area contributed by atoms with Gasteiger partial charge in [0.1, 0.15) is 0 Å². The van der Waals surface area contributed by atoms with Gasteiger partial charge in [0, 0.05) is 25.2 Å².